The standard InChI is InChI=1S/C18H22N2O4S2/c1-2-3-13-4-6-15(7-5-13)16(21)11-25-18-20-19-17(24-18)10-14-8-9-26(22,23)12-14/h4-7,14H,2-3,8-12H2,1H3. The van der Waals surface area contributed by atoms with Crippen molar-refractivity contribution in [3.63, 3.8) is 0 Å². The van der Waals surface area contributed by atoms with E-state index < -0.39 is 9.84 Å². The van der Waals surface area contributed by atoms with E-state index in [4.69, 9.17) is 4.42 Å². The van der Waals surface area contributed by atoms with Gasteiger partial charge in [0.15, 0.2) is 15.6 Å². The van der Waals surface area contributed by atoms with Crippen LogP contribution in [0.5, 0.6) is 0 Å². The van der Waals surface area contributed by atoms with Crippen LogP contribution in [0.25, 0.3) is 0 Å². The van der Waals surface area contributed by atoms with Gasteiger partial charge in [0.05, 0.1) is 17.3 Å². The summed E-state index contributed by atoms with van der Waals surface area (Å²) < 4.78 is 28.5. The Labute approximate surface area is 157 Å². The van der Waals surface area contributed by atoms with Crippen LogP contribution in [0.4, 0.5) is 0 Å². The molecule has 1 saturated heterocycles. The summed E-state index contributed by atoms with van der Waals surface area (Å²) in [5.74, 6) is 1.14. The normalized spacial score (nSPS) is 18.9. The first-order valence-corrected chi connectivity index (χ1v) is 11.5. The Bertz CT molecular complexity index is 860. The average molecular weight is 395 g/mol. The van der Waals surface area contributed by atoms with Gasteiger partial charge in [-0.2, -0.15) is 0 Å². The van der Waals surface area contributed by atoms with Gasteiger partial charge in [-0.05, 0) is 24.3 Å². The van der Waals surface area contributed by atoms with E-state index in [0.717, 1.165) is 12.8 Å². The number of nitrogens with zero attached hydrogens (tertiary/aromatic N) is 2. The molecule has 1 unspecified atom stereocenters. The van der Waals surface area contributed by atoms with Crippen molar-refractivity contribution in [3.8, 4) is 0 Å². The maximum Gasteiger partial charge on any atom is 0.277 e. The number of benzene rings is 1. The molecule has 0 bridgehead atoms. The first kappa shape index (κ1) is 19.1. The number of sulfone groups is 1. The highest BCUT2D eigenvalue weighted by Crippen LogP contribution is 2.24. The highest BCUT2D eigenvalue weighted by Gasteiger charge is 2.29. The van der Waals surface area contributed by atoms with Crippen LogP contribution in [0.1, 0.15) is 41.6 Å². The topological polar surface area (TPSA) is 90.1 Å². The Morgan fingerprint density at radius 1 is 1.27 bits per heavy atom. The molecule has 0 spiro atoms. The minimum absolute atomic E-state index is 0.0136. The molecule has 0 N–H and O–H groups in total. The molecule has 0 amide bonds. The minimum atomic E-state index is -2.91. The second-order valence-electron chi connectivity index (χ2n) is 6.59. The highest BCUT2D eigenvalue weighted by atomic mass is 32.2. The summed E-state index contributed by atoms with van der Waals surface area (Å²) in [5.41, 5.74) is 1.90. The lowest BCUT2D eigenvalue weighted by Gasteiger charge is -2.02. The Balaban J connectivity index is 1.50. The fourth-order valence-electron chi connectivity index (χ4n) is 3.02. The number of aromatic nitrogens is 2. The number of rotatable bonds is 8. The van der Waals surface area contributed by atoms with Crippen LogP contribution in [0, 0.1) is 5.92 Å². The zero-order valence-corrected chi connectivity index (χ0v) is 16.3. The molecule has 0 saturated carbocycles. The van der Waals surface area contributed by atoms with Crippen molar-refractivity contribution in [1.82, 2.24) is 10.2 Å². The van der Waals surface area contributed by atoms with Gasteiger partial charge in [0, 0.05) is 12.0 Å². The van der Waals surface area contributed by atoms with E-state index in [2.05, 4.69) is 17.1 Å². The van der Waals surface area contributed by atoms with Gasteiger partial charge in [-0.25, -0.2) is 8.42 Å². The van der Waals surface area contributed by atoms with Crippen molar-refractivity contribution in [2.75, 3.05) is 17.3 Å². The molecule has 1 aliphatic rings. The van der Waals surface area contributed by atoms with Gasteiger partial charge in [0.2, 0.25) is 5.89 Å². The quantitative estimate of drug-likeness (QED) is 0.502. The SMILES string of the molecule is CCCc1ccc(C(=O)CSc2nnc(CC3CCS(=O)(=O)C3)o2)cc1. The maximum absolute atomic E-state index is 12.3. The third-order valence-corrected chi connectivity index (χ3v) is 7.04. The molecule has 1 fully saturated rings. The molecule has 3 rings (SSSR count). The van der Waals surface area contributed by atoms with Crippen molar-refractivity contribution in [3.05, 3.63) is 41.3 Å². The number of carbonyl (C=O) groups excluding carboxylic acids is 1. The molecule has 1 atom stereocenters. The van der Waals surface area contributed by atoms with E-state index in [-0.39, 0.29) is 29.0 Å². The molecule has 0 aliphatic carbocycles. The smallest absolute Gasteiger partial charge is 0.277 e. The zero-order chi connectivity index (χ0) is 18.6. The lowest BCUT2D eigenvalue weighted by atomic mass is 10.1. The summed E-state index contributed by atoms with van der Waals surface area (Å²) in [7, 11) is -2.91. The Morgan fingerprint density at radius 3 is 2.69 bits per heavy atom. The van der Waals surface area contributed by atoms with Gasteiger partial charge in [-0.3, -0.25) is 4.79 Å². The number of ketones is 1. The fourth-order valence-corrected chi connectivity index (χ4v) is 5.55. The first-order valence-electron chi connectivity index (χ1n) is 8.73. The molecule has 1 aromatic heterocycles. The van der Waals surface area contributed by atoms with Crippen LogP contribution in [0.3, 0.4) is 0 Å². The monoisotopic (exact) mass is 394 g/mol. The van der Waals surface area contributed by atoms with Gasteiger partial charge in [0.25, 0.3) is 5.22 Å². The Kier molecular flexibility index (Phi) is 6.13. The fraction of sp³-hybridized carbons (Fsp3) is 0.500. The molecule has 1 aromatic carbocycles. The molecule has 6 nitrogen and oxygen atoms in total. The molecule has 2 aromatic rings. The number of hydrogen-bond donors (Lipinski definition) is 0. The molecular weight excluding hydrogens is 372 g/mol. The van der Waals surface area contributed by atoms with Gasteiger partial charge >= 0.3 is 0 Å². The Hall–Kier alpha value is -1.67. The predicted molar refractivity (Wildman–Crippen MR) is 100 cm³/mol. The minimum Gasteiger partial charge on any atom is -0.416 e. The number of aryl methyl sites for hydroxylation is 1. The second kappa shape index (κ2) is 8.35. The summed E-state index contributed by atoms with van der Waals surface area (Å²) in [6.07, 6.45) is 3.20. The van der Waals surface area contributed by atoms with Gasteiger partial charge in [-0.15, -0.1) is 10.2 Å². The largest absolute Gasteiger partial charge is 0.416 e. The first-order chi connectivity index (χ1) is 12.4. The summed E-state index contributed by atoms with van der Waals surface area (Å²) in [6.45, 7) is 2.12. The second-order valence-corrected chi connectivity index (χ2v) is 9.75. The van der Waals surface area contributed by atoms with Crippen LogP contribution in [0.2, 0.25) is 0 Å². The molecule has 1 aliphatic heterocycles. The summed E-state index contributed by atoms with van der Waals surface area (Å²) >= 11 is 1.21. The van der Waals surface area contributed by atoms with Crippen molar-refractivity contribution >= 4 is 27.4 Å². The molecule has 26 heavy (non-hydrogen) atoms. The molecule has 2 heterocycles. The maximum atomic E-state index is 12.3. The van der Waals surface area contributed by atoms with Gasteiger partial charge in [0.1, 0.15) is 0 Å². The van der Waals surface area contributed by atoms with Gasteiger partial charge in [-0.1, -0.05) is 49.4 Å². The number of carbonyl (C=O) groups is 1. The van der Waals surface area contributed by atoms with E-state index >= 15 is 0 Å². The van der Waals surface area contributed by atoms with Crippen molar-refractivity contribution < 1.29 is 17.6 Å². The van der Waals surface area contributed by atoms with E-state index in [1.807, 2.05) is 24.3 Å². The lowest BCUT2D eigenvalue weighted by Crippen LogP contribution is -2.07. The average Bonchev–Trinajstić information content (AvgIpc) is 3.20. The van der Waals surface area contributed by atoms with E-state index in [1.165, 1.54) is 17.3 Å². The summed E-state index contributed by atoms with van der Waals surface area (Å²) in [4.78, 5) is 12.3. The van der Waals surface area contributed by atoms with Crippen molar-refractivity contribution in [1.29, 1.82) is 0 Å². The van der Waals surface area contributed by atoms with E-state index in [0.29, 0.717) is 29.5 Å². The van der Waals surface area contributed by atoms with Crippen LogP contribution < -0.4 is 0 Å². The zero-order valence-electron chi connectivity index (χ0n) is 14.7. The van der Waals surface area contributed by atoms with E-state index in [1.54, 1.807) is 0 Å². The Morgan fingerprint density at radius 2 is 2.04 bits per heavy atom. The van der Waals surface area contributed by atoms with Crippen molar-refractivity contribution in [2.45, 2.75) is 37.8 Å². The molecule has 140 valence electrons. The molecule has 8 heteroatoms. The number of thioether (sulfide) groups is 1. The van der Waals surface area contributed by atoms with Crippen LogP contribution >= 0.6 is 11.8 Å². The van der Waals surface area contributed by atoms with E-state index in [9.17, 15) is 13.2 Å². The van der Waals surface area contributed by atoms with Crippen LogP contribution in [-0.4, -0.2) is 41.7 Å². The van der Waals surface area contributed by atoms with Crippen molar-refractivity contribution in [2.24, 2.45) is 5.92 Å². The molecule has 0 radical (unpaired) electrons. The third-order valence-electron chi connectivity index (χ3n) is 4.38. The number of Topliss-reactive ketones (excluding diaryl/α,β-unsaturated/α-hetero) is 1. The third kappa shape index (κ3) is 5.17. The predicted octanol–water partition coefficient (Wildman–Crippen LogP) is 2.97. The van der Waals surface area contributed by atoms with Crippen LogP contribution in [-0.2, 0) is 22.7 Å². The molecular formula is C18H22N2O4S2. The number of hydrogen-bond acceptors (Lipinski definition) is 7. The lowest BCUT2D eigenvalue weighted by molar-refractivity contribution is 0.102. The van der Waals surface area contributed by atoms with Gasteiger partial charge < -0.3 is 4.42 Å². The summed E-state index contributed by atoms with van der Waals surface area (Å²) in [6, 6.07) is 7.69. The van der Waals surface area contributed by atoms with Crippen LogP contribution in [0.15, 0.2) is 33.9 Å². The highest BCUT2D eigenvalue weighted by molar-refractivity contribution is 7.99. The summed E-state index contributed by atoms with van der Waals surface area (Å²) in [5, 5.41) is 8.25.